The molecular formula is C13H18ClF2N3O3S. The standard InChI is InChI=1S/C13H17F2N3O3S.ClH/c1-17(9-12(19)18-7-5-16-6-8-18)22(20,21)13-10(14)3-2-4-11(13)15;/h2-4,16H,5-9H2,1H3;1H. The number of sulfonamides is 1. The summed E-state index contributed by atoms with van der Waals surface area (Å²) in [6.45, 7) is 1.74. The Morgan fingerprint density at radius 3 is 2.30 bits per heavy atom. The maximum absolute atomic E-state index is 13.6. The van der Waals surface area contributed by atoms with Crippen LogP contribution in [0.15, 0.2) is 23.1 Å². The molecule has 6 nitrogen and oxygen atoms in total. The average molecular weight is 370 g/mol. The normalized spacial score (nSPS) is 15.4. The van der Waals surface area contributed by atoms with Crippen molar-refractivity contribution in [2.75, 3.05) is 39.8 Å². The van der Waals surface area contributed by atoms with Crippen LogP contribution in [0.4, 0.5) is 8.78 Å². The zero-order valence-corrected chi connectivity index (χ0v) is 14.1. The Morgan fingerprint density at radius 2 is 1.78 bits per heavy atom. The Labute approximate surface area is 139 Å². The Hall–Kier alpha value is -1.29. The van der Waals surface area contributed by atoms with Gasteiger partial charge in [0, 0.05) is 33.2 Å². The molecule has 1 aromatic carbocycles. The third-order valence-electron chi connectivity index (χ3n) is 3.41. The van der Waals surface area contributed by atoms with Crippen LogP contribution in [0.25, 0.3) is 0 Å². The summed E-state index contributed by atoms with van der Waals surface area (Å²) in [4.78, 5) is 12.5. The van der Waals surface area contributed by atoms with E-state index in [1.54, 1.807) is 0 Å². The van der Waals surface area contributed by atoms with Gasteiger partial charge in [0.15, 0.2) is 4.90 Å². The van der Waals surface area contributed by atoms with Crippen molar-refractivity contribution in [2.24, 2.45) is 0 Å². The lowest BCUT2D eigenvalue weighted by molar-refractivity contribution is -0.131. The fraction of sp³-hybridized carbons (Fsp3) is 0.462. The van der Waals surface area contributed by atoms with Crippen molar-refractivity contribution in [1.29, 1.82) is 0 Å². The van der Waals surface area contributed by atoms with E-state index in [4.69, 9.17) is 0 Å². The topological polar surface area (TPSA) is 69.7 Å². The lowest BCUT2D eigenvalue weighted by atomic mass is 10.3. The molecule has 23 heavy (non-hydrogen) atoms. The average Bonchev–Trinajstić information content (AvgIpc) is 2.47. The second-order valence-electron chi connectivity index (χ2n) is 4.94. The highest BCUT2D eigenvalue weighted by Gasteiger charge is 2.30. The second kappa shape index (κ2) is 8.00. The van der Waals surface area contributed by atoms with Crippen molar-refractivity contribution < 1.29 is 22.0 Å². The zero-order chi connectivity index (χ0) is 16.3. The van der Waals surface area contributed by atoms with Gasteiger partial charge < -0.3 is 10.2 Å². The van der Waals surface area contributed by atoms with E-state index in [0.717, 1.165) is 25.2 Å². The number of benzene rings is 1. The third kappa shape index (κ3) is 4.37. The van der Waals surface area contributed by atoms with E-state index in [-0.39, 0.29) is 12.4 Å². The van der Waals surface area contributed by atoms with Gasteiger partial charge in [-0.05, 0) is 12.1 Å². The van der Waals surface area contributed by atoms with E-state index >= 15 is 0 Å². The van der Waals surface area contributed by atoms with Gasteiger partial charge in [-0.2, -0.15) is 4.31 Å². The molecule has 1 N–H and O–H groups in total. The number of rotatable bonds is 4. The molecule has 0 bridgehead atoms. The molecule has 1 fully saturated rings. The number of hydrogen-bond donors (Lipinski definition) is 1. The van der Waals surface area contributed by atoms with Gasteiger partial charge in [-0.25, -0.2) is 17.2 Å². The third-order valence-corrected chi connectivity index (χ3v) is 5.27. The Morgan fingerprint density at radius 1 is 1.26 bits per heavy atom. The van der Waals surface area contributed by atoms with Crippen molar-refractivity contribution in [3.8, 4) is 0 Å². The van der Waals surface area contributed by atoms with Gasteiger partial charge in [0.1, 0.15) is 11.6 Å². The summed E-state index contributed by atoms with van der Waals surface area (Å²) in [6.07, 6.45) is 0. The number of nitrogens with zero attached hydrogens (tertiary/aromatic N) is 2. The molecule has 130 valence electrons. The predicted octanol–water partition coefficient (Wildman–Crippen LogP) is 0.439. The van der Waals surface area contributed by atoms with E-state index in [9.17, 15) is 22.0 Å². The summed E-state index contributed by atoms with van der Waals surface area (Å²) in [5.41, 5.74) is 0. The number of carbonyl (C=O) groups excluding carboxylic acids is 1. The van der Waals surface area contributed by atoms with Crippen LogP contribution in [0.1, 0.15) is 0 Å². The minimum Gasteiger partial charge on any atom is -0.339 e. The van der Waals surface area contributed by atoms with Crippen LogP contribution in [-0.4, -0.2) is 63.3 Å². The summed E-state index contributed by atoms with van der Waals surface area (Å²) >= 11 is 0. The van der Waals surface area contributed by atoms with E-state index in [0.29, 0.717) is 30.5 Å². The lowest BCUT2D eigenvalue weighted by Crippen LogP contribution is -2.49. The zero-order valence-electron chi connectivity index (χ0n) is 12.5. The minimum atomic E-state index is -4.41. The maximum Gasteiger partial charge on any atom is 0.249 e. The fourth-order valence-electron chi connectivity index (χ4n) is 2.17. The summed E-state index contributed by atoms with van der Waals surface area (Å²) < 4.78 is 52.5. The quantitative estimate of drug-likeness (QED) is 0.836. The van der Waals surface area contributed by atoms with E-state index in [1.807, 2.05) is 0 Å². The minimum absolute atomic E-state index is 0. The van der Waals surface area contributed by atoms with Gasteiger partial charge in [-0.1, -0.05) is 6.07 Å². The molecule has 0 spiro atoms. The Kier molecular flexibility index (Phi) is 6.87. The molecule has 0 aliphatic carbocycles. The number of halogens is 3. The van der Waals surface area contributed by atoms with Crippen LogP contribution < -0.4 is 5.32 Å². The first-order chi connectivity index (χ1) is 10.3. The van der Waals surface area contributed by atoms with Crippen molar-refractivity contribution in [2.45, 2.75) is 4.90 Å². The summed E-state index contributed by atoms with van der Waals surface area (Å²) in [5, 5.41) is 3.07. The molecule has 1 saturated heterocycles. The van der Waals surface area contributed by atoms with Crippen molar-refractivity contribution in [3.05, 3.63) is 29.8 Å². The van der Waals surface area contributed by atoms with Crippen LogP contribution in [0.5, 0.6) is 0 Å². The smallest absolute Gasteiger partial charge is 0.249 e. The highest BCUT2D eigenvalue weighted by molar-refractivity contribution is 7.89. The van der Waals surface area contributed by atoms with Gasteiger partial charge in [0.25, 0.3) is 0 Å². The molecule has 1 aliphatic heterocycles. The number of hydrogen-bond acceptors (Lipinski definition) is 4. The molecule has 0 unspecified atom stereocenters. The van der Waals surface area contributed by atoms with Crippen LogP contribution in [0.3, 0.4) is 0 Å². The van der Waals surface area contributed by atoms with Crippen molar-refractivity contribution in [3.63, 3.8) is 0 Å². The first-order valence-electron chi connectivity index (χ1n) is 6.73. The van der Waals surface area contributed by atoms with Crippen molar-refractivity contribution >= 4 is 28.3 Å². The number of likely N-dealkylation sites (N-methyl/N-ethyl adjacent to an activating group) is 1. The highest BCUT2D eigenvalue weighted by atomic mass is 35.5. The van der Waals surface area contributed by atoms with Gasteiger partial charge in [-0.3, -0.25) is 4.79 Å². The number of carbonyl (C=O) groups is 1. The summed E-state index contributed by atoms with van der Waals surface area (Å²) in [6, 6.07) is 2.80. The van der Waals surface area contributed by atoms with E-state index in [1.165, 1.54) is 4.90 Å². The van der Waals surface area contributed by atoms with Crippen LogP contribution in [0.2, 0.25) is 0 Å². The van der Waals surface area contributed by atoms with Crippen LogP contribution in [-0.2, 0) is 14.8 Å². The van der Waals surface area contributed by atoms with E-state index < -0.39 is 39.0 Å². The SMILES string of the molecule is CN(CC(=O)N1CCNCC1)S(=O)(=O)c1c(F)cccc1F.Cl. The number of nitrogens with one attached hydrogen (secondary N) is 1. The largest absolute Gasteiger partial charge is 0.339 e. The van der Waals surface area contributed by atoms with Gasteiger partial charge in [-0.15, -0.1) is 12.4 Å². The monoisotopic (exact) mass is 369 g/mol. The molecule has 0 radical (unpaired) electrons. The fourth-order valence-corrected chi connectivity index (χ4v) is 3.40. The maximum atomic E-state index is 13.6. The molecule has 0 atom stereocenters. The molecule has 2 rings (SSSR count). The molecule has 1 heterocycles. The van der Waals surface area contributed by atoms with E-state index in [2.05, 4.69) is 5.32 Å². The van der Waals surface area contributed by atoms with Gasteiger partial charge in [0.2, 0.25) is 15.9 Å². The van der Waals surface area contributed by atoms with Gasteiger partial charge >= 0.3 is 0 Å². The molecule has 1 aliphatic rings. The Balaban J connectivity index is 0.00000264. The van der Waals surface area contributed by atoms with Gasteiger partial charge in [0.05, 0.1) is 6.54 Å². The first kappa shape index (κ1) is 19.8. The molecule has 1 aromatic rings. The van der Waals surface area contributed by atoms with Crippen LogP contribution in [0, 0.1) is 11.6 Å². The molecule has 10 heteroatoms. The molecule has 1 amide bonds. The molecule has 0 saturated carbocycles. The number of amides is 1. The van der Waals surface area contributed by atoms with Crippen LogP contribution >= 0.6 is 12.4 Å². The first-order valence-corrected chi connectivity index (χ1v) is 8.17. The molecule has 0 aromatic heterocycles. The second-order valence-corrected chi connectivity index (χ2v) is 6.92. The predicted molar refractivity (Wildman–Crippen MR) is 82.9 cm³/mol. The summed E-state index contributed by atoms with van der Waals surface area (Å²) in [7, 11) is -3.29. The number of piperazine rings is 1. The highest BCUT2D eigenvalue weighted by Crippen LogP contribution is 2.21. The molecular weight excluding hydrogens is 352 g/mol. The Bertz CT molecular complexity index is 646. The summed E-state index contributed by atoms with van der Waals surface area (Å²) in [5.74, 6) is -2.76. The van der Waals surface area contributed by atoms with Crippen molar-refractivity contribution in [1.82, 2.24) is 14.5 Å². The lowest BCUT2D eigenvalue weighted by Gasteiger charge is -2.29.